The van der Waals surface area contributed by atoms with E-state index in [9.17, 15) is 0 Å². The maximum atomic E-state index is 2.27. The van der Waals surface area contributed by atoms with Gasteiger partial charge in [-0.05, 0) is 25.7 Å². The molecule has 0 saturated carbocycles. The summed E-state index contributed by atoms with van der Waals surface area (Å²) < 4.78 is 0. The molecule has 0 aromatic carbocycles. The van der Waals surface area contributed by atoms with Gasteiger partial charge in [-0.2, -0.15) is 0 Å². The second kappa shape index (κ2) is 6.29. The van der Waals surface area contributed by atoms with Crippen molar-refractivity contribution in [1.29, 1.82) is 0 Å². The first kappa shape index (κ1) is 9.17. The van der Waals surface area contributed by atoms with Crippen LogP contribution in [-0.4, -0.2) is 0 Å². The molecule has 0 fully saturated rings. The largest absolute Gasteiger partial charge is 0.0882 e. The van der Waals surface area contributed by atoms with E-state index >= 15 is 0 Å². The van der Waals surface area contributed by atoms with Crippen LogP contribution < -0.4 is 0 Å². The van der Waals surface area contributed by atoms with Crippen LogP contribution >= 0.6 is 0 Å². The zero-order valence-corrected chi connectivity index (χ0v) is 7.73. The Morgan fingerprint density at radius 3 is 1.89 bits per heavy atom. The van der Waals surface area contributed by atoms with E-state index < -0.39 is 0 Å². The fraction of sp³-hybridized carbons (Fsp3) is 0.500. The summed E-state index contributed by atoms with van der Waals surface area (Å²) in [5.41, 5.74) is 0. The van der Waals surface area contributed by atoms with Gasteiger partial charge in [-0.15, -0.1) is 0 Å². The summed E-state index contributed by atoms with van der Waals surface area (Å²) in [5.74, 6) is 0. The predicted molar refractivity (Wildman–Crippen MR) is 36.7 cm³/mol. The molecule has 0 heterocycles. The Bertz CT molecular complexity index is 91.1. The van der Waals surface area contributed by atoms with E-state index in [1.165, 1.54) is 19.3 Å². The molecular weight excluding hydrogens is 291 g/mol. The first-order valence-electron chi connectivity index (χ1n) is 3.30. The van der Waals surface area contributed by atoms with Gasteiger partial charge in [0.15, 0.2) is 0 Å². The molecule has 0 saturated heterocycles. The molecule has 0 aromatic heterocycles. The molecule has 0 aromatic rings. The van der Waals surface area contributed by atoms with E-state index in [-0.39, 0.29) is 21.1 Å². The van der Waals surface area contributed by atoms with Gasteiger partial charge in [0.25, 0.3) is 0 Å². The Balaban J connectivity index is 0.000000640. The van der Waals surface area contributed by atoms with Crippen molar-refractivity contribution in [2.24, 2.45) is 0 Å². The van der Waals surface area contributed by atoms with Crippen molar-refractivity contribution in [3.05, 3.63) is 24.3 Å². The molecule has 0 bridgehead atoms. The molecular formula is C8H12Pt. The summed E-state index contributed by atoms with van der Waals surface area (Å²) >= 11 is 0. The van der Waals surface area contributed by atoms with Crippen LogP contribution in [0.1, 0.15) is 25.7 Å². The van der Waals surface area contributed by atoms with Crippen LogP contribution in [0.3, 0.4) is 0 Å². The molecule has 0 N–H and O–H groups in total. The third-order valence-electron chi connectivity index (χ3n) is 1.35. The molecule has 0 atom stereocenters. The summed E-state index contributed by atoms with van der Waals surface area (Å²) in [4.78, 5) is 0. The van der Waals surface area contributed by atoms with Gasteiger partial charge in [0.1, 0.15) is 0 Å². The summed E-state index contributed by atoms with van der Waals surface area (Å²) in [5, 5.41) is 0. The zero-order valence-electron chi connectivity index (χ0n) is 5.45. The van der Waals surface area contributed by atoms with Gasteiger partial charge in [0.05, 0.1) is 0 Å². The first-order valence-corrected chi connectivity index (χ1v) is 3.30. The smallest absolute Gasteiger partial charge is 0 e. The fourth-order valence-corrected chi connectivity index (χ4v) is 0.860. The summed E-state index contributed by atoms with van der Waals surface area (Å²) in [6.07, 6.45) is 14.0. The SMILES string of the molecule is C1=CCCCC=CC1.[Pt]. The van der Waals surface area contributed by atoms with Gasteiger partial charge in [-0.25, -0.2) is 0 Å². The average molecular weight is 303 g/mol. The van der Waals surface area contributed by atoms with Crippen LogP contribution in [0.25, 0.3) is 0 Å². The number of rotatable bonds is 0. The van der Waals surface area contributed by atoms with E-state index in [4.69, 9.17) is 0 Å². The molecule has 1 rings (SSSR count). The summed E-state index contributed by atoms with van der Waals surface area (Å²) in [6.45, 7) is 0. The van der Waals surface area contributed by atoms with Gasteiger partial charge in [-0.3, -0.25) is 0 Å². The van der Waals surface area contributed by atoms with Crippen LogP contribution in [-0.2, 0) is 21.1 Å². The maximum absolute atomic E-state index is 2.27. The Labute approximate surface area is 71.3 Å². The second-order valence-corrected chi connectivity index (χ2v) is 2.11. The van der Waals surface area contributed by atoms with E-state index in [1.54, 1.807) is 0 Å². The molecule has 0 unspecified atom stereocenters. The number of allylic oxidation sites excluding steroid dienone is 4. The third kappa shape index (κ3) is 4.66. The fourth-order valence-electron chi connectivity index (χ4n) is 0.860. The standard InChI is InChI=1S/C8H12.Pt/c1-2-4-6-8-7-5-3-1;/h1-2,5,7H,3-4,6,8H2;. The topological polar surface area (TPSA) is 0 Å². The molecule has 1 aliphatic rings. The molecule has 1 heteroatoms. The van der Waals surface area contributed by atoms with Crippen LogP contribution in [0.15, 0.2) is 24.3 Å². The molecule has 0 radical (unpaired) electrons. The Morgan fingerprint density at radius 1 is 0.778 bits per heavy atom. The Kier molecular flexibility index (Phi) is 6.41. The van der Waals surface area contributed by atoms with Crippen molar-refractivity contribution in [3.8, 4) is 0 Å². The molecule has 0 nitrogen and oxygen atoms in total. The van der Waals surface area contributed by atoms with Crippen molar-refractivity contribution in [2.75, 3.05) is 0 Å². The minimum atomic E-state index is 0. The predicted octanol–water partition coefficient (Wildman–Crippen LogP) is 2.67. The van der Waals surface area contributed by atoms with E-state index in [0.717, 1.165) is 6.42 Å². The minimum Gasteiger partial charge on any atom is -0.0882 e. The van der Waals surface area contributed by atoms with Gasteiger partial charge < -0.3 is 0 Å². The molecule has 0 aliphatic heterocycles. The minimum absolute atomic E-state index is 0. The zero-order chi connectivity index (χ0) is 5.66. The summed E-state index contributed by atoms with van der Waals surface area (Å²) in [7, 11) is 0. The van der Waals surface area contributed by atoms with Crippen molar-refractivity contribution >= 4 is 0 Å². The van der Waals surface area contributed by atoms with E-state index in [0.29, 0.717) is 0 Å². The van der Waals surface area contributed by atoms with E-state index in [1.807, 2.05) is 0 Å². The van der Waals surface area contributed by atoms with Crippen LogP contribution in [0.4, 0.5) is 0 Å². The normalized spacial score (nSPS) is 17.8. The van der Waals surface area contributed by atoms with Crippen molar-refractivity contribution in [2.45, 2.75) is 25.7 Å². The maximum Gasteiger partial charge on any atom is 0 e. The van der Waals surface area contributed by atoms with Crippen LogP contribution in [0.5, 0.6) is 0 Å². The monoisotopic (exact) mass is 303 g/mol. The van der Waals surface area contributed by atoms with E-state index in [2.05, 4.69) is 24.3 Å². The van der Waals surface area contributed by atoms with Crippen LogP contribution in [0, 0.1) is 0 Å². The van der Waals surface area contributed by atoms with Crippen molar-refractivity contribution in [1.82, 2.24) is 0 Å². The quantitative estimate of drug-likeness (QED) is 0.604. The van der Waals surface area contributed by atoms with Gasteiger partial charge in [-0.1, -0.05) is 24.3 Å². The Hall–Kier alpha value is 0.168. The molecule has 9 heavy (non-hydrogen) atoms. The molecule has 54 valence electrons. The van der Waals surface area contributed by atoms with Crippen LogP contribution in [0.2, 0.25) is 0 Å². The first-order chi connectivity index (χ1) is 4.00. The van der Waals surface area contributed by atoms with Gasteiger partial charge >= 0.3 is 0 Å². The van der Waals surface area contributed by atoms with Crippen molar-refractivity contribution in [3.63, 3.8) is 0 Å². The van der Waals surface area contributed by atoms with Gasteiger partial charge in [0, 0.05) is 21.1 Å². The summed E-state index contributed by atoms with van der Waals surface area (Å²) in [6, 6.07) is 0. The molecule has 1 aliphatic carbocycles. The number of hydrogen-bond donors (Lipinski definition) is 0. The third-order valence-corrected chi connectivity index (χ3v) is 1.35. The number of hydrogen-bond acceptors (Lipinski definition) is 0. The molecule has 0 spiro atoms. The molecule has 0 amide bonds. The van der Waals surface area contributed by atoms with Crippen molar-refractivity contribution < 1.29 is 21.1 Å². The second-order valence-electron chi connectivity index (χ2n) is 2.11. The van der Waals surface area contributed by atoms with Gasteiger partial charge in [0.2, 0.25) is 0 Å². The Morgan fingerprint density at radius 2 is 1.33 bits per heavy atom. The average Bonchev–Trinajstić information content (AvgIpc) is 1.62.